The number of fused-ring (bicyclic) bond motifs is 1. The van der Waals surface area contributed by atoms with Crippen LogP contribution in [0.5, 0.6) is 5.75 Å². The van der Waals surface area contributed by atoms with E-state index in [1.807, 2.05) is 47.0 Å². The summed E-state index contributed by atoms with van der Waals surface area (Å²) in [7, 11) is 0. The van der Waals surface area contributed by atoms with Gasteiger partial charge >= 0.3 is 0 Å². The van der Waals surface area contributed by atoms with E-state index in [1.54, 1.807) is 23.5 Å². The summed E-state index contributed by atoms with van der Waals surface area (Å²) in [5, 5.41) is 2.92. The zero-order chi connectivity index (χ0) is 20.2. The normalized spacial score (nSPS) is 11.0. The van der Waals surface area contributed by atoms with E-state index < -0.39 is 0 Å². The van der Waals surface area contributed by atoms with Crippen molar-refractivity contribution >= 4 is 43.4 Å². The number of nitrogens with one attached hydrogen (secondary N) is 1. The molecule has 2 aromatic heterocycles. The van der Waals surface area contributed by atoms with Crippen molar-refractivity contribution in [2.24, 2.45) is 0 Å². The second-order valence-electron chi connectivity index (χ2n) is 6.45. The number of ether oxygens (including phenoxy) is 1. The smallest absolute Gasteiger partial charge is 0.268 e. The van der Waals surface area contributed by atoms with Gasteiger partial charge in [0.05, 0.1) is 20.5 Å². The number of amides is 1. The molecule has 0 radical (unpaired) electrons. The number of aromatic nitrogens is 1. The maximum atomic E-state index is 13.1. The topological polar surface area (TPSA) is 43.3 Å². The minimum absolute atomic E-state index is 0.173. The predicted molar refractivity (Wildman–Crippen MR) is 117 cm³/mol. The van der Waals surface area contributed by atoms with E-state index in [1.165, 1.54) is 12.1 Å². The van der Waals surface area contributed by atoms with Crippen LogP contribution in [0.2, 0.25) is 0 Å². The van der Waals surface area contributed by atoms with Gasteiger partial charge in [0.1, 0.15) is 23.9 Å². The molecule has 0 aliphatic heterocycles. The van der Waals surface area contributed by atoms with Gasteiger partial charge in [0.25, 0.3) is 5.91 Å². The molecule has 0 saturated heterocycles. The van der Waals surface area contributed by atoms with Crippen molar-refractivity contribution < 1.29 is 13.9 Å². The second kappa shape index (κ2) is 8.80. The summed E-state index contributed by atoms with van der Waals surface area (Å²) in [4.78, 5) is 12.8. The van der Waals surface area contributed by atoms with E-state index in [2.05, 4.69) is 21.2 Å². The van der Waals surface area contributed by atoms with E-state index in [0.717, 1.165) is 25.3 Å². The third-order valence-electron chi connectivity index (χ3n) is 4.49. The number of halogens is 2. The maximum absolute atomic E-state index is 13.1. The molecule has 0 spiro atoms. The van der Waals surface area contributed by atoms with Crippen molar-refractivity contribution in [3.63, 3.8) is 0 Å². The fourth-order valence-electron chi connectivity index (χ4n) is 3.09. The molecule has 0 aliphatic rings. The maximum Gasteiger partial charge on any atom is 0.268 e. The zero-order valence-electron chi connectivity index (χ0n) is 15.4. The first-order valence-electron chi connectivity index (χ1n) is 9.09. The summed E-state index contributed by atoms with van der Waals surface area (Å²) in [6.45, 7) is 1.32. The Morgan fingerprint density at radius 1 is 1.10 bits per heavy atom. The molecule has 0 atom stereocenters. The molecular weight excluding hydrogens is 455 g/mol. The third-order valence-corrected chi connectivity index (χ3v) is 6.06. The fraction of sp³-hybridized carbons (Fsp3) is 0.136. The van der Waals surface area contributed by atoms with Crippen LogP contribution in [0.1, 0.15) is 16.1 Å². The van der Waals surface area contributed by atoms with Crippen molar-refractivity contribution in [1.29, 1.82) is 0 Å². The molecule has 29 heavy (non-hydrogen) atoms. The van der Waals surface area contributed by atoms with Crippen LogP contribution in [-0.2, 0) is 13.1 Å². The van der Waals surface area contributed by atoms with Gasteiger partial charge in [-0.25, -0.2) is 4.39 Å². The van der Waals surface area contributed by atoms with Crippen LogP contribution in [0.4, 0.5) is 4.39 Å². The van der Waals surface area contributed by atoms with Gasteiger partial charge < -0.3 is 14.6 Å². The number of carbonyl (C=O) groups excluding carboxylic acids is 1. The Bertz CT molecular complexity index is 1120. The number of para-hydroxylation sites is 1. The van der Waals surface area contributed by atoms with Gasteiger partial charge in [-0.15, -0.1) is 11.3 Å². The highest BCUT2D eigenvalue weighted by Gasteiger charge is 2.17. The van der Waals surface area contributed by atoms with Gasteiger partial charge in [-0.3, -0.25) is 4.79 Å². The van der Waals surface area contributed by atoms with Crippen LogP contribution in [0.15, 0.2) is 70.5 Å². The molecule has 2 heterocycles. The molecule has 1 N–H and O–H groups in total. The molecule has 2 aromatic carbocycles. The van der Waals surface area contributed by atoms with Crippen molar-refractivity contribution in [3.05, 3.63) is 87.6 Å². The average molecular weight is 473 g/mol. The molecule has 4 aromatic rings. The highest BCUT2D eigenvalue weighted by atomic mass is 79.9. The van der Waals surface area contributed by atoms with E-state index in [0.29, 0.717) is 25.4 Å². The lowest BCUT2D eigenvalue weighted by Gasteiger charge is -2.12. The standard InChI is InChI=1S/C22H18BrFN2O2S/c23-21-13-18-20(29-21)12-19(22(27)25-14-15-6-8-16(24)9-7-15)26(18)10-11-28-17-4-2-1-3-5-17/h1-9,12-13H,10-11,14H2,(H,25,27). The predicted octanol–water partition coefficient (Wildman–Crippen LogP) is 5.61. The first-order valence-corrected chi connectivity index (χ1v) is 10.7. The second-order valence-corrected chi connectivity index (χ2v) is 8.91. The van der Waals surface area contributed by atoms with Crippen molar-refractivity contribution in [2.45, 2.75) is 13.1 Å². The molecule has 0 unspecified atom stereocenters. The van der Waals surface area contributed by atoms with E-state index in [4.69, 9.17) is 4.74 Å². The van der Waals surface area contributed by atoms with Gasteiger partial charge in [-0.05, 0) is 57.9 Å². The molecular formula is C22H18BrFN2O2S. The lowest BCUT2D eigenvalue weighted by Crippen LogP contribution is -2.26. The number of hydrogen-bond donors (Lipinski definition) is 1. The summed E-state index contributed by atoms with van der Waals surface area (Å²) in [5.74, 6) is 0.330. The number of carbonyl (C=O) groups is 1. The Balaban J connectivity index is 1.50. The zero-order valence-corrected chi connectivity index (χ0v) is 17.8. The van der Waals surface area contributed by atoms with E-state index in [-0.39, 0.29) is 11.7 Å². The van der Waals surface area contributed by atoms with E-state index in [9.17, 15) is 9.18 Å². The van der Waals surface area contributed by atoms with Crippen LogP contribution in [0, 0.1) is 5.82 Å². The SMILES string of the molecule is O=C(NCc1ccc(F)cc1)c1cc2sc(Br)cc2n1CCOc1ccccc1. The summed E-state index contributed by atoms with van der Waals surface area (Å²) in [6.07, 6.45) is 0. The Labute approximate surface area is 180 Å². The number of nitrogens with zero attached hydrogens (tertiary/aromatic N) is 1. The molecule has 0 saturated carbocycles. The molecule has 4 nitrogen and oxygen atoms in total. The van der Waals surface area contributed by atoms with Gasteiger partial charge in [0.2, 0.25) is 0 Å². The lowest BCUT2D eigenvalue weighted by molar-refractivity contribution is 0.0941. The molecule has 0 bridgehead atoms. The summed E-state index contributed by atoms with van der Waals surface area (Å²) in [6, 6.07) is 19.6. The van der Waals surface area contributed by atoms with Crippen molar-refractivity contribution in [2.75, 3.05) is 6.61 Å². The minimum Gasteiger partial charge on any atom is -0.492 e. The first-order chi connectivity index (χ1) is 14.1. The largest absolute Gasteiger partial charge is 0.492 e. The number of thiophene rings is 1. The number of hydrogen-bond acceptors (Lipinski definition) is 3. The van der Waals surface area contributed by atoms with Crippen LogP contribution < -0.4 is 10.1 Å². The van der Waals surface area contributed by atoms with Crippen molar-refractivity contribution in [3.8, 4) is 5.75 Å². The van der Waals surface area contributed by atoms with Gasteiger partial charge in [0, 0.05) is 6.54 Å². The Morgan fingerprint density at radius 3 is 2.62 bits per heavy atom. The highest BCUT2D eigenvalue weighted by Crippen LogP contribution is 2.32. The number of benzene rings is 2. The molecule has 1 amide bonds. The van der Waals surface area contributed by atoms with Gasteiger partial charge in [-0.2, -0.15) is 0 Å². The molecule has 0 aliphatic carbocycles. The molecule has 0 fully saturated rings. The quantitative estimate of drug-likeness (QED) is 0.379. The van der Waals surface area contributed by atoms with Crippen LogP contribution in [-0.4, -0.2) is 17.1 Å². The summed E-state index contributed by atoms with van der Waals surface area (Å²) >= 11 is 5.10. The molecule has 148 valence electrons. The van der Waals surface area contributed by atoms with Crippen LogP contribution >= 0.6 is 27.3 Å². The Kier molecular flexibility index (Phi) is 5.97. The number of rotatable bonds is 7. The lowest BCUT2D eigenvalue weighted by atomic mass is 10.2. The Morgan fingerprint density at radius 2 is 1.86 bits per heavy atom. The average Bonchev–Trinajstić information content (AvgIpc) is 3.25. The van der Waals surface area contributed by atoms with Gasteiger partial charge in [-0.1, -0.05) is 30.3 Å². The summed E-state index contributed by atoms with van der Waals surface area (Å²) < 4.78 is 22.9. The fourth-order valence-corrected chi connectivity index (χ4v) is 4.65. The Hall–Kier alpha value is -2.64. The highest BCUT2D eigenvalue weighted by molar-refractivity contribution is 9.11. The molecule has 7 heteroatoms. The van der Waals surface area contributed by atoms with Gasteiger partial charge in [0.15, 0.2) is 0 Å². The van der Waals surface area contributed by atoms with Crippen molar-refractivity contribution in [1.82, 2.24) is 9.88 Å². The molecule has 4 rings (SSSR count). The van der Waals surface area contributed by atoms with Crippen LogP contribution in [0.25, 0.3) is 10.2 Å². The monoisotopic (exact) mass is 472 g/mol. The van der Waals surface area contributed by atoms with Crippen LogP contribution in [0.3, 0.4) is 0 Å². The summed E-state index contributed by atoms with van der Waals surface area (Å²) in [5.41, 5.74) is 2.41. The minimum atomic E-state index is -0.293. The first kappa shape index (κ1) is 19.7. The third kappa shape index (κ3) is 4.68. The van der Waals surface area contributed by atoms with E-state index >= 15 is 0 Å².